The Morgan fingerprint density at radius 1 is 1.22 bits per heavy atom. The van der Waals surface area contributed by atoms with Crippen LogP contribution in [0.1, 0.15) is 36.9 Å². The largest absolute Gasteiger partial charge is 0.469 e. The van der Waals surface area contributed by atoms with Gasteiger partial charge in [-0.15, -0.1) is 6.58 Å². The van der Waals surface area contributed by atoms with Crippen molar-refractivity contribution < 1.29 is 18.7 Å². The summed E-state index contributed by atoms with van der Waals surface area (Å²) in [5, 5.41) is 2.65. The molecule has 1 N–H and O–H groups in total. The molecule has 1 heterocycles. The van der Waals surface area contributed by atoms with E-state index >= 15 is 0 Å². The molecule has 0 atom stereocenters. The summed E-state index contributed by atoms with van der Waals surface area (Å²) in [5.74, 6) is 0.721. The van der Waals surface area contributed by atoms with E-state index in [0.29, 0.717) is 30.8 Å². The van der Waals surface area contributed by atoms with Crippen LogP contribution in [0.4, 0.5) is 10.5 Å². The lowest BCUT2D eigenvalue weighted by molar-refractivity contribution is 0.0635. The molecule has 2 amide bonds. The molecular formula is C21H26N2O4. The van der Waals surface area contributed by atoms with Crippen molar-refractivity contribution in [2.24, 2.45) is 0 Å². The lowest BCUT2D eigenvalue weighted by Gasteiger charge is -2.21. The van der Waals surface area contributed by atoms with E-state index in [1.807, 2.05) is 12.1 Å². The first-order valence-corrected chi connectivity index (χ1v) is 8.81. The van der Waals surface area contributed by atoms with Crippen LogP contribution in [0.15, 0.2) is 59.7 Å². The van der Waals surface area contributed by atoms with E-state index in [2.05, 4.69) is 11.9 Å². The van der Waals surface area contributed by atoms with Crippen molar-refractivity contribution in [3.8, 4) is 0 Å². The molecule has 0 fully saturated rings. The molecule has 0 radical (unpaired) electrons. The number of benzene rings is 1. The molecule has 0 saturated heterocycles. The van der Waals surface area contributed by atoms with Crippen LogP contribution in [0, 0.1) is 0 Å². The Hall–Kier alpha value is -3.02. The minimum Gasteiger partial charge on any atom is -0.469 e. The summed E-state index contributed by atoms with van der Waals surface area (Å²) in [6, 6.07) is 10.4. The summed E-state index contributed by atoms with van der Waals surface area (Å²) in [6.07, 6.45) is 3.41. The molecule has 1 aromatic heterocycles. The topological polar surface area (TPSA) is 71.8 Å². The van der Waals surface area contributed by atoms with Crippen LogP contribution in [-0.2, 0) is 11.2 Å². The van der Waals surface area contributed by atoms with Gasteiger partial charge in [-0.3, -0.25) is 10.1 Å². The zero-order valence-corrected chi connectivity index (χ0v) is 16.0. The fourth-order valence-electron chi connectivity index (χ4n) is 2.43. The van der Waals surface area contributed by atoms with Crippen LogP contribution < -0.4 is 5.32 Å². The van der Waals surface area contributed by atoms with E-state index in [1.54, 1.807) is 62.3 Å². The predicted octanol–water partition coefficient (Wildman–Crippen LogP) is 4.50. The standard InChI is InChI=1S/C21H26N2O4/c1-5-13-23(14-12-18-7-6-15-26-18)19(24)16-8-10-17(11-9-16)22-20(25)27-21(2,3)4/h5-11,15H,1,12-14H2,2-4H3,(H,22,25). The Kier molecular flexibility index (Phi) is 6.82. The number of rotatable bonds is 7. The normalized spacial score (nSPS) is 10.9. The van der Waals surface area contributed by atoms with E-state index in [-0.39, 0.29) is 5.91 Å². The molecule has 0 bridgehead atoms. The van der Waals surface area contributed by atoms with Crippen molar-refractivity contribution in [1.29, 1.82) is 0 Å². The Morgan fingerprint density at radius 2 is 1.93 bits per heavy atom. The molecular weight excluding hydrogens is 344 g/mol. The second-order valence-corrected chi connectivity index (χ2v) is 7.07. The van der Waals surface area contributed by atoms with Gasteiger partial charge in [0.15, 0.2) is 0 Å². The first-order valence-electron chi connectivity index (χ1n) is 8.81. The van der Waals surface area contributed by atoms with Crippen molar-refractivity contribution in [1.82, 2.24) is 4.90 Å². The number of amides is 2. The first-order chi connectivity index (χ1) is 12.8. The summed E-state index contributed by atoms with van der Waals surface area (Å²) < 4.78 is 10.5. The molecule has 0 unspecified atom stereocenters. The van der Waals surface area contributed by atoms with Gasteiger partial charge < -0.3 is 14.1 Å². The molecule has 0 aliphatic rings. The number of nitrogens with one attached hydrogen (secondary N) is 1. The van der Waals surface area contributed by atoms with Crippen molar-refractivity contribution in [3.05, 3.63) is 66.6 Å². The molecule has 6 nitrogen and oxygen atoms in total. The number of carbonyl (C=O) groups is 2. The Balaban J connectivity index is 1.99. The number of anilines is 1. The van der Waals surface area contributed by atoms with Gasteiger partial charge >= 0.3 is 6.09 Å². The zero-order valence-electron chi connectivity index (χ0n) is 16.0. The van der Waals surface area contributed by atoms with Gasteiger partial charge in [0, 0.05) is 30.8 Å². The summed E-state index contributed by atoms with van der Waals surface area (Å²) in [5.41, 5.74) is 0.525. The third kappa shape index (κ3) is 6.66. The summed E-state index contributed by atoms with van der Waals surface area (Å²) >= 11 is 0. The average molecular weight is 370 g/mol. The van der Waals surface area contributed by atoms with Crippen molar-refractivity contribution in [2.45, 2.75) is 32.8 Å². The predicted molar refractivity (Wildman–Crippen MR) is 105 cm³/mol. The second kappa shape index (κ2) is 9.07. The fraction of sp³-hybridized carbons (Fsp3) is 0.333. The number of furan rings is 1. The minimum atomic E-state index is -0.570. The lowest BCUT2D eigenvalue weighted by atomic mass is 10.1. The second-order valence-electron chi connectivity index (χ2n) is 7.07. The van der Waals surface area contributed by atoms with Crippen molar-refractivity contribution in [2.75, 3.05) is 18.4 Å². The maximum absolute atomic E-state index is 12.8. The van der Waals surface area contributed by atoms with Gasteiger partial charge in [0.05, 0.1) is 6.26 Å². The van der Waals surface area contributed by atoms with E-state index in [4.69, 9.17) is 9.15 Å². The van der Waals surface area contributed by atoms with Gasteiger partial charge in [0.2, 0.25) is 0 Å². The van der Waals surface area contributed by atoms with E-state index in [9.17, 15) is 9.59 Å². The molecule has 0 aliphatic heterocycles. The number of carbonyl (C=O) groups excluding carboxylic acids is 2. The first kappa shape index (κ1) is 20.3. The molecule has 1 aromatic carbocycles. The monoisotopic (exact) mass is 370 g/mol. The highest BCUT2D eigenvalue weighted by atomic mass is 16.6. The van der Waals surface area contributed by atoms with E-state index in [0.717, 1.165) is 5.76 Å². The highest BCUT2D eigenvalue weighted by molar-refractivity contribution is 5.95. The van der Waals surface area contributed by atoms with E-state index < -0.39 is 11.7 Å². The highest BCUT2D eigenvalue weighted by Crippen LogP contribution is 2.15. The molecule has 0 aliphatic carbocycles. The van der Waals surface area contributed by atoms with Crippen LogP contribution >= 0.6 is 0 Å². The Bertz CT molecular complexity index is 758. The Labute approximate surface area is 159 Å². The van der Waals surface area contributed by atoms with Gasteiger partial charge in [0.1, 0.15) is 11.4 Å². The fourth-order valence-corrected chi connectivity index (χ4v) is 2.43. The van der Waals surface area contributed by atoms with Crippen molar-refractivity contribution in [3.63, 3.8) is 0 Å². The van der Waals surface area contributed by atoms with Gasteiger partial charge in [0.25, 0.3) is 5.91 Å². The molecule has 27 heavy (non-hydrogen) atoms. The third-order valence-corrected chi connectivity index (χ3v) is 3.62. The van der Waals surface area contributed by atoms with Gasteiger partial charge in [-0.25, -0.2) is 4.79 Å². The van der Waals surface area contributed by atoms with Crippen LogP contribution in [-0.4, -0.2) is 35.6 Å². The smallest absolute Gasteiger partial charge is 0.412 e. The maximum Gasteiger partial charge on any atom is 0.412 e. The summed E-state index contributed by atoms with van der Waals surface area (Å²) in [6.45, 7) is 10.1. The van der Waals surface area contributed by atoms with Crippen LogP contribution in [0.3, 0.4) is 0 Å². The third-order valence-electron chi connectivity index (χ3n) is 3.62. The maximum atomic E-state index is 12.8. The molecule has 2 aromatic rings. The zero-order chi connectivity index (χ0) is 19.9. The average Bonchev–Trinajstić information content (AvgIpc) is 3.10. The number of ether oxygens (including phenoxy) is 1. The SMILES string of the molecule is C=CCN(CCc1ccco1)C(=O)c1ccc(NC(=O)OC(C)(C)C)cc1. The van der Waals surface area contributed by atoms with Gasteiger partial charge in [-0.2, -0.15) is 0 Å². The summed E-state index contributed by atoms with van der Waals surface area (Å²) in [7, 11) is 0. The van der Waals surface area contributed by atoms with Crippen LogP contribution in [0.5, 0.6) is 0 Å². The minimum absolute atomic E-state index is 0.106. The summed E-state index contributed by atoms with van der Waals surface area (Å²) in [4.78, 5) is 26.3. The highest BCUT2D eigenvalue weighted by Gasteiger charge is 2.17. The number of hydrogen-bond acceptors (Lipinski definition) is 4. The van der Waals surface area contributed by atoms with E-state index in [1.165, 1.54) is 0 Å². The van der Waals surface area contributed by atoms with Gasteiger partial charge in [-0.1, -0.05) is 6.08 Å². The van der Waals surface area contributed by atoms with Crippen LogP contribution in [0.25, 0.3) is 0 Å². The number of hydrogen-bond donors (Lipinski definition) is 1. The van der Waals surface area contributed by atoms with Crippen LogP contribution in [0.2, 0.25) is 0 Å². The molecule has 0 saturated carbocycles. The number of nitrogens with zero attached hydrogens (tertiary/aromatic N) is 1. The Morgan fingerprint density at radius 3 is 2.48 bits per heavy atom. The molecule has 2 rings (SSSR count). The molecule has 144 valence electrons. The van der Waals surface area contributed by atoms with Crippen molar-refractivity contribution >= 4 is 17.7 Å². The lowest BCUT2D eigenvalue weighted by Crippen LogP contribution is -2.33. The molecule has 0 spiro atoms. The quantitative estimate of drug-likeness (QED) is 0.729. The molecule has 6 heteroatoms. The van der Waals surface area contributed by atoms with Gasteiger partial charge in [-0.05, 0) is 57.2 Å².